The lowest BCUT2D eigenvalue weighted by atomic mass is 9.96. The first kappa shape index (κ1) is 21.1. The zero-order valence-electron chi connectivity index (χ0n) is 17.8. The van der Waals surface area contributed by atoms with Crippen LogP contribution in [0.3, 0.4) is 0 Å². The predicted octanol–water partition coefficient (Wildman–Crippen LogP) is 5.70. The Morgan fingerprint density at radius 1 is 1.10 bits per heavy atom. The average molecular weight is 419 g/mol. The van der Waals surface area contributed by atoms with Crippen LogP contribution in [0.25, 0.3) is 0 Å². The van der Waals surface area contributed by atoms with Gasteiger partial charge in [-0.1, -0.05) is 48.5 Å². The van der Waals surface area contributed by atoms with Crippen molar-refractivity contribution in [2.45, 2.75) is 32.4 Å². The normalized spacial score (nSPS) is 16.3. The van der Waals surface area contributed by atoms with Crippen molar-refractivity contribution < 1.29 is 18.7 Å². The number of benzene rings is 3. The molecule has 3 aromatic carbocycles. The molecule has 1 aliphatic heterocycles. The van der Waals surface area contributed by atoms with E-state index >= 15 is 4.39 Å². The van der Waals surface area contributed by atoms with E-state index in [0.717, 1.165) is 24.9 Å². The van der Waals surface area contributed by atoms with Gasteiger partial charge >= 0.3 is 5.97 Å². The summed E-state index contributed by atoms with van der Waals surface area (Å²) in [5.74, 6) is -0.247. The largest absolute Gasteiger partial charge is 0.488 e. The summed E-state index contributed by atoms with van der Waals surface area (Å²) in [6, 6.07) is 20.1. The molecule has 1 fully saturated rings. The zero-order chi connectivity index (χ0) is 21.8. The van der Waals surface area contributed by atoms with Crippen molar-refractivity contribution >= 4 is 5.97 Å². The van der Waals surface area contributed by atoms with Gasteiger partial charge in [0.2, 0.25) is 0 Å². The van der Waals surface area contributed by atoms with Crippen LogP contribution in [0, 0.1) is 12.7 Å². The Bertz CT molecular complexity index is 1050. The molecule has 1 saturated heterocycles. The van der Waals surface area contributed by atoms with E-state index in [-0.39, 0.29) is 29.6 Å². The minimum Gasteiger partial charge on any atom is -0.488 e. The molecule has 4 rings (SSSR count). The minimum atomic E-state index is -0.628. The van der Waals surface area contributed by atoms with Crippen molar-refractivity contribution in [3.63, 3.8) is 0 Å². The Labute approximate surface area is 182 Å². The van der Waals surface area contributed by atoms with Crippen LogP contribution in [0.5, 0.6) is 11.5 Å². The Kier molecular flexibility index (Phi) is 6.33. The second kappa shape index (κ2) is 9.31. The average Bonchev–Trinajstić information content (AvgIpc) is 3.21. The van der Waals surface area contributed by atoms with Gasteiger partial charge < -0.3 is 9.47 Å². The van der Waals surface area contributed by atoms with Crippen molar-refractivity contribution in [3.8, 4) is 11.5 Å². The first-order valence-corrected chi connectivity index (χ1v) is 10.5. The van der Waals surface area contributed by atoms with Crippen molar-refractivity contribution in [2.75, 3.05) is 13.6 Å². The van der Waals surface area contributed by atoms with E-state index in [2.05, 4.69) is 4.90 Å². The molecule has 0 amide bonds. The lowest BCUT2D eigenvalue weighted by molar-refractivity contribution is 0.0728. The van der Waals surface area contributed by atoms with Gasteiger partial charge in [-0.3, -0.25) is 4.90 Å². The van der Waals surface area contributed by atoms with E-state index in [1.807, 2.05) is 43.4 Å². The monoisotopic (exact) mass is 419 g/mol. The molecule has 1 atom stereocenters. The third-order valence-corrected chi connectivity index (χ3v) is 5.77. The molecule has 0 aromatic heterocycles. The molecule has 3 aromatic rings. The zero-order valence-corrected chi connectivity index (χ0v) is 17.8. The van der Waals surface area contributed by atoms with Gasteiger partial charge in [-0.15, -0.1) is 0 Å². The number of hydrogen-bond acceptors (Lipinski definition) is 4. The van der Waals surface area contributed by atoms with E-state index in [1.165, 1.54) is 0 Å². The third kappa shape index (κ3) is 4.62. The van der Waals surface area contributed by atoms with Crippen molar-refractivity contribution in [3.05, 3.63) is 94.8 Å². The second-order valence-electron chi connectivity index (χ2n) is 7.89. The fraction of sp³-hybridized carbons (Fsp3) is 0.269. The molecule has 0 saturated carbocycles. The van der Waals surface area contributed by atoms with E-state index in [1.54, 1.807) is 37.3 Å². The lowest BCUT2D eigenvalue weighted by Crippen LogP contribution is -2.21. The summed E-state index contributed by atoms with van der Waals surface area (Å²) in [5.41, 5.74) is 1.91. The van der Waals surface area contributed by atoms with Crippen LogP contribution in [0.2, 0.25) is 0 Å². The summed E-state index contributed by atoms with van der Waals surface area (Å²) in [6.45, 7) is 2.81. The number of carbonyl (C=O) groups is 1. The van der Waals surface area contributed by atoms with Crippen LogP contribution in [-0.4, -0.2) is 24.5 Å². The Hall–Kier alpha value is -3.18. The second-order valence-corrected chi connectivity index (χ2v) is 7.89. The van der Waals surface area contributed by atoms with Gasteiger partial charge in [0.05, 0.1) is 0 Å². The number of likely N-dealkylation sites (tertiary alicyclic amines) is 1. The van der Waals surface area contributed by atoms with Gasteiger partial charge in [-0.25, -0.2) is 9.18 Å². The lowest BCUT2D eigenvalue weighted by Gasteiger charge is -2.23. The SMILES string of the molecule is Cc1c(F)c(C2CCCN2C)cc(OCc2ccccc2)c1C(=O)Oc1ccccc1. The molecule has 160 valence electrons. The summed E-state index contributed by atoms with van der Waals surface area (Å²) in [7, 11) is 1.99. The Morgan fingerprint density at radius 2 is 1.77 bits per heavy atom. The van der Waals surface area contributed by atoms with Gasteiger partial charge in [-0.05, 0) is 57.1 Å². The van der Waals surface area contributed by atoms with Crippen LogP contribution in [0.4, 0.5) is 4.39 Å². The van der Waals surface area contributed by atoms with Crippen LogP contribution in [-0.2, 0) is 6.61 Å². The van der Waals surface area contributed by atoms with Gasteiger partial charge in [0.15, 0.2) is 0 Å². The summed E-state index contributed by atoms with van der Waals surface area (Å²) in [6.07, 6.45) is 1.89. The number of esters is 1. The highest BCUT2D eigenvalue weighted by Gasteiger charge is 2.30. The highest BCUT2D eigenvalue weighted by Crippen LogP contribution is 2.38. The molecule has 0 N–H and O–H groups in total. The number of ether oxygens (including phenoxy) is 2. The molecule has 0 aliphatic carbocycles. The molecular formula is C26H26FNO3. The molecule has 0 bridgehead atoms. The summed E-state index contributed by atoms with van der Waals surface area (Å²) < 4.78 is 27.0. The van der Waals surface area contributed by atoms with Crippen molar-refractivity contribution in [1.29, 1.82) is 0 Å². The fourth-order valence-electron chi connectivity index (χ4n) is 4.08. The first-order chi connectivity index (χ1) is 15.0. The first-order valence-electron chi connectivity index (χ1n) is 10.5. The van der Waals surface area contributed by atoms with E-state index in [9.17, 15) is 4.79 Å². The Morgan fingerprint density at radius 3 is 2.42 bits per heavy atom. The Balaban J connectivity index is 1.72. The third-order valence-electron chi connectivity index (χ3n) is 5.77. The quantitative estimate of drug-likeness (QED) is 0.380. The van der Waals surface area contributed by atoms with Crippen LogP contribution < -0.4 is 9.47 Å². The van der Waals surface area contributed by atoms with Crippen LogP contribution in [0.1, 0.15) is 45.9 Å². The molecule has 4 nitrogen and oxygen atoms in total. The highest BCUT2D eigenvalue weighted by molar-refractivity contribution is 5.95. The molecule has 5 heteroatoms. The van der Waals surface area contributed by atoms with Crippen molar-refractivity contribution in [1.82, 2.24) is 4.90 Å². The van der Waals surface area contributed by atoms with Gasteiger partial charge in [0.25, 0.3) is 0 Å². The summed E-state index contributed by atoms with van der Waals surface area (Å²) in [4.78, 5) is 15.2. The van der Waals surface area contributed by atoms with Crippen molar-refractivity contribution in [2.24, 2.45) is 0 Å². The number of carbonyl (C=O) groups excluding carboxylic acids is 1. The van der Waals surface area contributed by atoms with Crippen LogP contribution >= 0.6 is 0 Å². The maximum Gasteiger partial charge on any atom is 0.347 e. The summed E-state index contributed by atoms with van der Waals surface area (Å²) in [5, 5.41) is 0. The standard InChI is InChI=1S/C26H26FNO3/c1-18-24(26(29)31-20-12-7-4-8-13-20)23(30-17-19-10-5-3-6-11-19)16-21(25(18)27)22-14-9-15-28(22)2/h3-8,10-13,16,22H,9,14-15,17H2,1-2H3. The van der Waals surface area contributed by atoms with E-state index in [0.29, 0.717) is 17.1 Å². The highest BCUT2D eigenvalue weighted by atomic mass is 19.1. The molecule has 31 heavy (non-hydrogen) atoms. The number of para-hydroxylation sites is 1. The van der Waals surface area contributed by atoms with Gasteiger partial charge in [0, 0.05) is 17.2 Å². The molecule has 0 radical (unpaired) electrons. The fourth-order valence-corrected chi connectivity index (χ4v) is 4.08. The smallest absolute Gasteiger partial charge is 0.347 e. The predicted molar refractivity (Wildman–Crippen MR) is 118 cm³/mol. The van der Waals surface area contributed by atoms with E-state index < -0.39 is 5.97 Å². The number of halogens is 1. The minimum absolute atomic E-state index is 0.0306. The molecule has 1 aliphatic rings. The maximum absolute atomic E-state index is 15.4. The maximum atomic E-state index is 15.4. The molecule has 1 heterocycles. The molecule has 1 unspecified atom stereocenters. The van der Waals surface area contributed by atoms with Gasteiger partial charge in [0.1, 0.15) is 29.5 Å². The molecular weight excluding hydrogens is 393 g/mol. The summed E-state index contributed by atoms with van der Waals surface area (Å²) >= 11 is 0. The molecule has 0 spiro atoms. The van der Waals surface area contributed by atoms with Gasteiger partial charge in [-0.2, -0.15) is 0 Å². The van der Waals surface area contributed by atoms with Crippen LogP contribution in [0.15, 0.2) is 66.7 Å². The topological polar surface area (TPSA) is 38.8 Å². The number of hydrogen-bond donors (Lipinski definition) is 0. The van der Waals surface area contributed by atoms with E-state index in [4.69, 9.17) is 9.47 Å². The number of nitrogens with zero attached hydrogens (tertiary/aromatic N) is 1. The number of rotatable bonds is 6.